The second kappa shape index (κ2) is 5.15. The normalized spacial score (nSPS) is 21.6. The topological polar surface area (TPSA) is 51.0 Å². The summed E-state index contributed by atoms with van der Waals surface area (Å²) in [5, 5.41) is 7.44. The van der Waals surface area contributed by atoms with Crippen molar-refractivity contribution < 1.29 is 4.52 Å². The van der Waals surface area contributed by atoms with Gasteiger partial charge in [0.15, 0.2) is 5.82 Å². The molecule has 0 bridgehead atoms. The minimum Gasteiger partial charge on any atom is -0.339 e. The van der Waals surface area contributed by atoms with Crippen molar-refractivity contribution >= 4 is 12.4 Å². The van der Waals surface area contributed by atoms with E-state index in [0.29, 0.717) is 5.92 Å². The second-order valence-corrected chi connectivity index (χ2v) is 5.25. The molecule has 2 heterocycles. The molecule has 16 heavy (non-hydrogen) atoms. The Labute approximate surface area is 103 Å². The number of halogens is 1. The summed E-state index contributed by atoms with van der Waals surface area (Å²) < 4.78 is 5.29. The highest BCUT2D eigenvalue weighted by Gasteiger charge is 2.25. The van der Waals surface area contributed by atoms with Gasteiger partial charge >= 0.3 is 0 Å². The Kier molecular flexibility index (Phi) is 4.33. The molecule has 0 radical (unpaired) electrons. The lowest BCUT2D eigenvalue weighted by atomic mass is 9.96. The molecule has 1 atom stereocenters. The molecule has 1 unspecified atom stereocenters. The van der Waals surface area contributed by atoms with Crippen molar-refractivity contribution in [2.75, 3.05) is 13.1 Å². The van der Waals surface area contributed by atoms with Crippen LogP contribution in [0.15, 0.2) is 4.52 Å². The standard InChI is InChI=1S/C11H19N3O.ClH/c1-11(2,3)10-13-9(14-15-10)8-5-4-6-12-7-8;/h8,12H,4-7H2,1-3H3;1H. The highest BCUT2D eigenvalue weighted by molar-refractivity contribution is 5.85. The molecular formula is C11H20ClN3O. The van der Waals surface area contributed by atoms with Crippen LogP contribution in [0.3, 0.4) is 0 Å². The lowest BCUT2D eigenvalue weighted by molar-refractivity contribution is 0.314. The van der Waals surface area contributed by atoms with Crippen LogP contribution >= 0.6 is 12.4 Å². The molecule has 1 fully saturated rings. The monoisotopic (exact) mass is 245 g/mol. The molecule has 0 saturated carbocycles. The fraction of sp³-hybridized carbons (Fsp3) is 0.818. The van der Waals surface area contributed by atoms with Gasteiger partial charge in [-0.15, -0.1) is 12.4 Å². The Morgan fingerprint density at radius 3 is 2.62 bits per heavy atom. The molecule has 1 aromatic heterocycles. The van der Waals surface area contributed by atoms with E-state index in [0.717, 1.165) is 31.2 Å². The van der Waals surface area contributed by atoms with Gasteiger partial charge in [-0.25, -0.2) is 0 Å². The van der Waals surface area contributed by atoms with Crippen molar-refractivity contribution in [1.29, 1.82) is 0 Å². The van der Waals surface area contributed by atoms with E-state index in [4.69, 9.17) is 4.52 Å². The van der Waals surface area contributed by atoms with Gasteiger partial charge in [0.2, 0.25) is 5.89 Å². The van der Waals surface area contributed by atoms with Crippen LogP contribution < -0.4 is 5.32 Å². The summed E-state index contributed by atoms with van der Waals surface area (Å²) in [6.45, 7) is 8.35. The molecule has 1 saturated heterocycles. The van der Waals surface area contributed by atoms with Crippen LogP contribution in [0.25, 0.3) is 0 Å². The van der Waals surface area contributed by atoms with Crippen molar-refractivity contribution in [3.63, 3.8) is 0 Å². The molecule has 1 aliphatic heterocycles. The molecular weight excluding hydrogens is 226 g/mol. The molecule has 1 aromatic rings. The molecule has 92 valence electrons. The molecule has 4 nitrogen and oxygen atoms in total. The minimum atomic E-state index is -0.0483. The summed E-state index contributed by atoms with van der Waals surface area (Å²) in [4.78, 5) is 4.49. The first-order valence-electron chi connectivity index (χ1n) is 5.62. The van der Waals surface area contributed by atoms with Gasteiger partial charge in [0.05, 0.1) is 0 Å². The zero-order valence-electron chi connectivity index (χ0n) is 10.1. The quantitative estimate of drug-likeness (QED) is 0.825. The first-order valence-corrected chi connectivity index (χ1v) is 5.62. The largest absolute Gasteiger partial charge is 0.339 e. The van der Waals surface area contributed by atoms with Gasteiger partial charge in [0.25, 0.3) is 0 Å². The van der Waals surface area contributed by atoms with Gasteiger partial charge in [-0.2, -0.15) is 4.98 Å². The van der Waals surface area contributed by atoms with Crippen LogP contribution in [0.1, 0.15) is 51.2 Å². The number of hydrogen-bond donors (Lipinski definition) is 1. The molecule has 0 amide bonds. The number of piperidine rings is 1. The Morgan fingerprint density at radius 1 is 1.38 bits per heavy atom. The maximum absolute atomic E-state index is 5.29. The molecule has 2 rings (SSSR count). The molecule has 5 heteroatoms. The number of nitrogens with zero attached hydrogens (tertiary/aromatic N) is 2. The lowest BCUT2D eigenvalue weighted by Crippen LogP contribution is -2.29. The third kappa shape index (κ3) is 2.95. The molecule has 0 spiro atoms. The Bertz CT molecular complexity index is 326. The third-order valence-electron chi connectivity index (χ3n) is 2.75. The van der Waals surface area contributed by atoms with E-state index in [1.807, 2.05) is 0 Å². The summed E-state index contributed by atoms with van der Waals surface area (Å²) in [5.74, 6) is 2.04. The van der Waals surface area contributed by atoms with Crippen LogP contribution in [0.4, 0.5) is 0 Å². The third-order valence-corrected chi connectivity index (χ3v) is 2.75. The van der Waals surface area contributed by atoms with E-state index >= 15 is 0 Å². The van der Waals surface area contributed by atoms with E-state index < -0.39 is 0 Å². The van der Waals surface area contributed by atoms with Crippen LogP contribution in [0.5, 0.6) is 0 Å². The molecule has 1 aliphatic rings. The molecule has 0 aliphatic carbocycles. The van der Waals surface area contributed by atoms with E-state index in [1.165, 1.54) is 6.42 Å². The average Bonchev–Trinajstić information content (AvgIpc) is 2.67. The van der Waals surface area contributed by atoms with Crippen molar-refractivity contribution in [2.45, 2.75) is 44.9 Å². The summed E-state index contributed by atoms with van der Waals surface area (Å²) >= 11 is 0. The van der Waals surface area contributed by atoms with Crippen molar-refractivity contribution in [3.05, 3.63) is 11.7 Å². The zero-order chi connectivity index (χ0) is 10.9. The Hall–Kier alpha value is -0.610. The highest BCUT2D eigenvalue weighted by atomic mass is 35.5. The summed E-state index contributed by atoms with van der Waals surface area (Å²) in [6, 6.07) is 0. The Morgan fingerprint density at radius 2 is 2.12 bits per heavy atom. The van der Waals surface area contributed by atoms with E-state index in [-0.39, 0.29) is 17.8 Å². The number of rotatable bonds is 1. The SMILES string of the molecule is CC(C)(C)c1nc(C2CCCNC2)no1.Cl. The van der Waals surface area contributed by atoms with Crippen LogP contribution in [0, 0.1) is 0 Å². The predicted molar refractivity (Wildman–Crippen MR) is 65.1 cm³/mol. The highest BCUT2D eigenvalue weighted by Crippen LogP contribution is 2.25. The summed E-state index contributed by atoms with van der Waals surface area (Å²) in [6.07, 6.45) is 2.36. The average molecular weight is 246 g/mol. The fourth-order valence-corrected chi connectivity index (χ4v) is 1.78. The fourth-order valence-electron chi connectivity index (χ4n) is 1.78. The van der Waals surface area contributed by atoms with Crippen molar-refractivity contribution in [2.24, 2.45) is 0 Å². The minimum absolute atomic E-state index is 0. The number of hydrogen-bond acceptors (Lipinski definition) is 4. The van der Waals surface area contributed by atoms with Gasteiger partial charge in [0, 0.05) is 17.9 Å². The zero-order valence-corrected chi connectivity index (χ0v) is 10.9. The predicted octanol–water partition coefficient (Wildman–Crippen LogP) is 2.26. The smallest absolute Gasteiger partial charge is 0.232 e. The Balaban J connectivity index is 0.00000128. The van der Waals surface area contributed by atoms with Gasteiger partial charge in [0.1, 0.15) is 0 Å². The van der Waals surface area contributed by atoms with Gasteiger partial charge in [-0.1, -0.05) is 25.9 Å². The molecule has 1 N–H and O–H groups in total. The maximum Gasteiger partial charge on any atom is 0.232 e. The maximum atomic E-state index is 5.29. The summed E-state index contributed by atoms with van der Waals surface area (Å²) in [7, 11) is 0. The van der Waals surface area contributed by atoms with E-state index in [2.05, 4.69) is 36.2 Å². The van der Waals surface area contributed by atoms with Gasteiger partial charge < -0.3 is 9.84 Å². The second-order valence-electron chi connectivity index (χ2n) is 5.25. The first kappa shape index (κ1) is 13.5. The number of aromatic nitrogens is 2. The van der Waals surface area contributed by atoms with Crippen molar-refractivity contribution in [1.82, 2.24) is 15.5 Å². The first-order chi connectivity index (χ1) is 7.07. The number of nitrogens with one attached hydrogen (secondary N) is 1. The lowest BCUT2D eigenvalue weighted by Gasteiger charge is -2.19. The van der Waals surface area contributed by atoms with Gasteiger partial charge in [-0.3, -0.25) is 0 Å². The van der Waals surface area contributed by atoms with E-state index in [9.17, 15) is 0 Å². The molecule has 0 aromatic carbocycles. The van der Waals surface area contributed by atoms with Crippen LogP contribution in [0.2, 0.25) is 0 Å². The van der Waals surface area contributed by atoms with E-state index in [1.54, 1.807) is 0 Å². The van der Waals surface area contributed by atoms with Crippen LogP contribution in [-0.4, -0.2) is 23.2 Å². The van der Waals surface area contributed by atoms with Crippen LogP contribution in [-0.2, 0) is 5.41 Å². The summed E-state index contributed by atoms with van der Waals surface area (Å²) in [5.41, 5.74) is -0.0483. The van der Waals surface area contributed by atoms with Gasteiger partial charge in [-0.05, 0) is 19.4 Å². The van der Waals surface area contributed by atoms with Crippen molar-refractivity contribution in [3.8, 4) is 0 Å².